The number of nitrogens with zero attached hydrogens (tertiary/aromatic N) is 3. The number of halogens is 4. The Balaban J connectivity index is 1.23. The first-order chi connectivity index (χ1) is 13.9. The highest BCUT2D eigenvalue weighted by atomic mass is 19.4. The van der Waals surface area contributed by atoms with Gasteiger partial charge in [0.2, 0.25) is 0 Å². The standard InChI is InChI=1S/C18H19F4N5O2/c19-13-3-11(18(20,21)22)2-1-10(13)7-28-12-5-27(6-12)17-9-23-4-15(17)29-8-14-16(17)25-26-24-14/h1-3,12,15,23H,4-9H2,(H,24,25,26)/t15-,17-/m1/s1. The second kappa shape index (κ2) is 6.73. The molecule has 2 fully saturated rings. The molecule has 11 heteroatoms. The fraction of sp³-hybridized carbons (Fsp3) is 0.556. The lowest BCUT2D eigenvalue weighted by atomic mass is 9.83. The van der Waals surface area contributed by atoms with Crippen molar-refractivity contribution >= 4 is 0 Å². The number of H-pyrrole nitrogens is 1. The van der Waals surface area contributed by atoms with Gasteiger partial charge in [-0.3, -0.25) is 10.00 Å². The van der Waals surface area contributed by atoms with Gasteiger partial charge in [-0.05, 0) is 12.1 Å². The van der Waals surface area contributed by atoms with Crippen molar-refractivity contribution in [2.75, 3.05) is 26.2 Å². The predicted octanol–water partition coefficient (Wildman–Crippen LogP) is 1.56. The van der Waals surface area contributed by atoms with Crippen LogP contribution in [0.1, 0.15) is 22.5 Å². The van der Waals surface area contributed by atoms with Crippen molar-refractivity contribution in [2.24, 2.45) is 0 Å². The number of fused-ring (bicyclic) bond motifs is 3. The summed E-state index contributed by atoms with van der Waals surface area (Å²) in [7, 11) is 0. The van der Waals surface area contributed by atoms with Crippen molar-refractivity contribution in [3.05, 3.63) is 46.5 Å². The third-order valence-electron chi connectivity index (χ3n) is 6.00. The molecule has 2 atom stereocenters. The minimum Gasteiger partial charge on any atom is -0.371 e. The third-order valence-corrected chi connectivity index (χ3v) is 6.00. The first kappa shape index (κ1) is 18.9. The molecule has 0 amide bonds. The fourth-order valence-electron chi connectivity index (χ4n) is 4.39. The number of alkyl halides is 3. The van der Waals surface area contributed by atoms with Crippen molar-refractivity contribution in [2.45, 2.75) is 37.1 Å². The molecule has 1 aromatic carbocycles. The number of aromatic nitrogens is 3. The average Bonchev–Trinajstić information content (AvgIpc) is 3.27. The molecule has 4 heterocycles. The van der Waals surface area contributed by atoms with Crippen LogP contribution in [0.2, 0.25) is 0 Å². The van der Waals surface area contributed by atoms with Gasteiger partial charge in [-0.1, -0.05) is 11.3 Å². The van der Waals surface area contributed by atoms with Gasteiger partial charge in [-0.2, -0.15) is 13.2 Å². The lowest BCUT2D eigenvalue weighted by molar-refractivity contribution is -0.152. The van der Waals surface area contributed by atoms with Crippen LogP contribution in [0, 0.1) is 5.82 Å². The molecule has 3 aliphatic heterocycles. The van der Waals surface area contributed by atoms with E-state index in [1.807, 2.05) is 0 Å². The van der Waals surface area contributed by atoms with Gasteiger partial charge in [0.25, 0.3) is 0 Å². The van der Waals surface area contributed by atoms with E-state index in [-0.39, 0.29) is 24.4 Å². The van der Waals surface area contributed by atoms with Crippen LogP contribution in [0.3, 0.4) is 0 Å². The van der Waals surface area contributed by atoms with Crippen molar-refractivity contribution < 1.29 is 27.0 Å². The second-order valence-corrected chi connectivity index (χ2v) is 7.63. The minimum absolute atomic E-state index is 0.0365. The summed E-state index contributed by atoms with van der Waals surface area (Å²) >= 11 is 0. The molecule has 2 aromatic rings. The van der Waals surface area contributed by atoms with Crippen LogP contribution in [-0.4, -0.2) is 58.7 Å². The summed E-state index contributed by atoms with van der Waals surface area (Å²) in [5.74, 6) is -0.913. The zero-order valence-electron chi connectivity index (χ0n) is 15.3. The number of rotatable bonds is 4. The molecule has 0 aliphatic carbocycles. The van der Waals surface area contributed by atoms with Gasteiger partial charge in [0.05, 0.1) is 36.7 Å². The molecule has 156 valence electrons. The number of benzene rings is 1. The maximum atomic E-state index is 14.0. The van der Waals surface area contributed by atoms with Gasteiger partial charge in [0.1, 0.15) is 17.1 Å². The Labute approximate surface area is 163 Å². The zero-order chi connectivity index (χ0) is 20.2. The normalized spacial score (nSPS) is 27.5. The number of hydrogen-bond acceptors (Lipinski definition) is 6. The number of likely N-dealkylation sites (tertiary alicyclic amines) is 1. The highest BCUT2D eigenvalue weighted by Crippen LogP contribution is 2.43. The third kappa shape index (κ3) is 3.03. The van der Waals surface area contributed by atoms with E-state index in [0.717, 1.165) is 30.1 Å². The van der Waals surface area contributed by atoms with E-state index in [2.05, 4.69) is 25.6 Å². The highest BCUT2D eigenvalue weighted by molar-refractivity contribution is 5.29. The van der Waals surface area contributed by atoms with Crippen LogP contribution in [0.4, 0.5) is 17.6 Å². The average molecular weight is 413 g/mol. The number of nitrogens with one attached hydrogen (secondary N) is 2. The summed E-state index contributed by atoms with van der Waals surface area (Å²) < 4.78 is 63.7. The zero-order valence-corrected chi connectivity index (χ0v) is 15.3. The number of hydrogen-bond donors (Lipinski definition) is 2. The van der Waals surface area contributed by atoms with Gasteiger partial charge in [0.15, 0.2) is 0 Å². The summed E-state index contributed by atoms with van der Waals surface area (Å²) in [5, 5.41) is 14.4. The van der Waals surface area contributed by atoms with Crippen LogP contribution in [0.15, 0.2) is 18.2 Å². The molecule has 0 unspecified atom stereocenters. The molecule has 0 bridgehead atoms. The van der Waals surface area contributed by atoms with Crippen molar-refractivity contribution in [3.8, 4) is 0 Å². The molecule has 5 rings (SSSR count). The van der Waals surface area contributed by atoms with E-state index < -0.39 is 23.1 Å². The number of aromatic amines is 1. The van der Waals surface area contributed by atoms with Crippen LogP contribution in [-0.2, 0) is 34.4 Å². The molecular weight excluding hydrogens is 394 g/mol. The van der Waals surface area contributed by atoms with Crippen molar-refractivity contribution in [1.29, 1.82) is 0 Å². The summed E-state index contributed by atoms with van der Waals surface area (Å²) in [4.78, 5) is 2.23. The Morgan fingerprint density at radius 2 is 2.14 bits per heavy atom. The largest absolute Gasteiger partial charge is 0.416 e. The van der Waals surface area contributed by atoms with E-state index in [4.69, 9.17) is 9.47 Å². The Morgan fingerprint density at radius 1 is 1.31 bits per heavy atom. The number of ether oxygens (including phenoxy) is 2. The molecule has 2 N–H and O–H groups in total. The lowest BCUT2D eigenvalue weighted by Crippen LogP contribution is -2.67. The van der Waals surface area contributed by atoms with E-state index in [0.29, 0.717) is 32.3 Å². The van der Waals surface area contributed by atoms with E-state index >= 15 is 0 Å². The predicted molar refractivity (Wildman–Crippen MR) is 91.1 cm³/mol. The summed E-state index contributed by atoms with van der Waals surface area (Å²) in [6.07, 6.45) is -4.75. The first-order valence-corrected chi connectivity index (χ1v) is 9.33. The van der Waals surface area contributed by atoms with Gasteiger partial charge in [-0.15, -0.1) is 5.10 Å². The van der Waals surface area contributed by atoms with E-state index in [1.54, 1.807) is 0 Å². The Hall–Kier alpha value is -2.08. The molecule has 1 aromatic heterocycles. The van der Waals surface area contributed by atoms with Crippen LogP contribution in [0.5, 0.6) is 0 Å². The highest BCUT2D eigenvalue weighted by Gasteiger charge is 2.57. The minimum atomic E-state index is -4.57. The smallest absolute Gasteiger partial charge is 0.371 e. The molecule has 29 heavy (non-hydrogen) atoms. The van der Waals surface area contributed by atoms with E-state index in [9.17, 15) is 17.6 Å². The van der Waals surface area contributed by atoms with Crippen molar-refractivity contribution in [3.63, 3.8) is 0 Å². The molecule has 3 aliphatic rings. The van der Waals surface area contributed by atoms with Gasteiger partial charge in [-0.25, -0.2) is 4.39 Å². The van der Waals surface area contributed by atoms with Crippen LogP contribution >= 0.6 is 0 Å². The fourth-order valence-corrected chi connectivity index (χ4v) is 4.39. The molecule has 0 spiro atoms. The second-order valence-electron chi connectivity index (χ2n) is 7.63. The maximum absolute atomic E-state index is 14.0. The van der Waals surface area contributed by atoms with Gasteiger partial charge >= 0.3 is 6.18 Å². The summed E-state index contributed by atoms with van der Waals surface area (Å²) in [6, 6.07) is 2.50. The topological polar surface area (TPSA) is 75.3 Å². The monoisotopic (exact) mass is 413 g/mol. The van der Waals surface area contributed by atoms with Gasteiger partial charge in [0, 0.05) is 31.7 Å². The summed E-state index contributed by atoms with van der Waals surface area (Å²) in [5.41, 5.74) is 0.452. The maximum Gasteiger partial charge on any atom is 0.416 e. The molecular formula is C18H19F4N5O2. The molecule has 0 saturated carbocycles. The molecule has 7 nitrogen and oxygen atoms in total. The Bertz CT molecular complexity index is 914. The van der Waals surface area contributed by atoms with Crippen molar-refractivity contribution in [1.82, 2.24) is 25.6 Å². The first-order valence-electron chi connectivity index (χ1n) is 9.33. The quantitative estimate of drug-likeness (QED) is 0.742. The summed E-state index contributed by atoms with van der Waals surface area (Å²) in [6.45, 7) is 2.95. The molecule has 0 radical (unpaired) electrons. The SMILES string of the molecule is Fc1cc(C(F)(F)F)ccc1COC1CN([C@]23CNC[C@H]2OCc2nn[nH]c23)C1. The van der Waals surface area contributed by atoms with E-state index in [1.165, 1.54) is 0 Å². The van der Waals surface area contributed by atoms with Gasteiger partial charge < -0.3 is 14.8 Å². The lowest BCUT2D eigenvalue weighted by Gasteiger charge is -2.52. The van der Waals surface area contributed by atoms with Crippen LogP contribution < -0.4 is 5.32 Å². The Morgan fingerprint density at radius 3 is 2.90 bits per heavy atom. The Kier molecular flexibility index (Phi) is 4.39. The van der Waals surface area contributed by atoms with Crippen LogP contribution in [0.25, 0.3) is 0 Å². The molecule has 2 saturated heterocycles.